The van der Waals surface area contributed by atoms with Crippen LogP contribution >= 0.6 is 17.2 Å². The summed E-state index contributed by atoms with van der Waals surface area (Å²) in [5.74, 6) is 1.36. The number of hydrogen-bond acceptors (Lipinski definition) is 6. The molecule has 2 saturated heterocycles. The Morgan fingerprint density at radius 3 is 2.10 bits per heavy atom. The van der Waals surface area contributed by atoms with Gasteiger partial charge in [-0.05, 0) is 57.9 Å². The van der Waals surface area contributed by atoms with E-state index in [-0.39, 0.29) is 5.41 Å². The van der Waals surface area contributed by atoms with Crippen molar-refractivity contribution in [3.8, 4) is 0 Å². The van der Waals surface area contributed by atoms with Crippen LogP contribution in [0.3, 0.4) is 0 Å². The molecule has 0 aliphatic carbocycles. The van der Waals surface area contributed by atoms with E-state index in [1.54, 1.807) is 6.08 Å². The van der Waals surface area contributed by atoms with Gasteiger partial charge in [0.1, 0.15) is 11.5 Å². The van der Waals surface area contributed by atoms with Crippen LogP contribution in [0, 0.1) is 5.41 Å². The summed E-state index contributed by atoms with van der Waals surface area (Å²) in [6.45, 7) is 13.5. The third-order valence-electron chi connectivity index (χ3n) is 4.38. The molecule has 1 spiro atoms. The molecule has 2 fully saturated rings. The van der Waals surface area contributed by atoms with Gasteiger partial charge < -0.3 is 27.1 Å². The molecule has 0 bridgehead atoms. The predicted molar refractivity (Wildman–Crippen MR) is 122 cm³/mol. The number of rotatable bonds is 8. The third-order valence-corrected chi connectivity index (χ3v) is 6.50. The third kappa shape index (κ3) is 7.77. The summed E-state index contributed by atoms with van der Waals surface area (Å²) in [5.41, 5.74) is 0.701. The highest BCUT2D eigenvalue weighted by molar-refractivity contribution is 7.42. The lowest BCUT2D eigenvalue weighted by Gasteiger charge is -2.36. The summed E-state index contributed by atoms with van der Waals surface area (Å²) in [6.07, 6.45) is 15.9. The van der Waals surface area contributed by atoms with E-state index in [1.807, 2.05) is 70.2 Å². The maximum atomic E-state index is 5.95. The van der Waals surface area contributed by atoms with Gasteiger partial charge in [0.05, 0.1) is 26.4 Å². The zero-order chi connectivity index (χ0) is 21.8. The average molecular weight is 454 g/mol. The first-order chi connectivity index (χ1) is 14.6. The minimum Gasteiger partial charge on any atom is -0.427 e. The van der Waals surface area contributed by atoms with Crippen molar-refractivity contribution in [2.75, 3.05) is 26.4 Å². The second-order valence-electron chi connectivity index (χ2n) is 6.88. The average Bonchev–Trinajstić information content (AvgIpc) is 2.94. The zero-order valence-corrected chi connectivity index (χ0v) is 20.0. The lowest BCUT2D eigenvalue weighted by Crippen LogP contribution is -2.38. The van der Waals surface area contributed by atoms with Crippen LogP contribution < -0.4 is 0 Å². The Morgan fingerprint density at radius 1 is 0.900 bits per heavy atom. The summed E-state index contributed by atoms with van der Waals surface area (Å²) in [7, 11) is -2.94. The SMILES string of the molecule is C=C/C(OP1OCC2(CCOP(OC(/C=C\C)=C/C=C\C)OC2)CO1)=C(C)\C=C/C. The summed E-state index contributed by atoms with van der Waals surface area (Å²) in [4.78, 5) is 0. The van der Waals surface area contributed by atoms with Crippen LogP contribution in [0.1, 0.15) is 34.1 Å². The van der Waals surface area contributed by atoms with Gasteiger partial charge in [-0.25, -0.2) is 0 Å². The second-order valence-corrected chi connectivity index (χ2v) is 9.17. The Morgan fingerprint density at radius 2 is 1.53 bits per heavy atom. The quantitative estimate of drug-likeness (QED) is 0.223. The molecule has 2 aliphatic heterocycles. The summed E-state index contributed by atoms with van der Waals surface area (Å²) in [5, 5.41) is 0. The summed E-state index contributed by atoms with van der Waals surface area (Å²) < 4.78 is 35.4. The summed E-state index contributed by atoms with van der Waals surface area (Å²) >= 11 is 0. The van der Waals surface area contributed by atoms with Gasteiger partial charge in [-0.3, -0.25) is 0 Å². The molecule has 2 rings (SSSR count). The molecule has 6 nitrogen and oxygen atoms in total. The fourth-order valence-electron chi connectivity index (χ4n) is 2.67. The van der Waals surface area contributed by atoms with Crippen LogP contribution in [0.4, 0.5) is 0 Å². The molecule has 0 aromatic rings. The largest absolute Gasteiger partial charge is 0.427 e. The molecular weight excluding hydrogens is 422 g/mol. The van der Waals surface area contributed by atoms with E-state index in [0.717, 1.165) is 12.0 Å². The molecule has 166 valence electrons. The molecule has 1 atom stereocenters. The van der Waals surface area contributed by atoms with Gasteiger partial charge in [0.15, 0.2) is 0 Å². The highest BCUT2D eigenvalue weighted by Gasteiger charge is 2.42. The van der Waals surface area contributed by atoms with Crippen molar-refractivity contribution in [3.05, 3.63) is 72.3 Å². The van der Waals surface area contributed by atoms with E-state index in [2.05, 4.69) is 6.58 Å². The first kappa shape index (κ1) is 25.0. The molecule has 0 saturated carbocycles. The van der Waals surface area contributed by atoms with Crippen LogP contribution in [-0.2, 0) is 27.1 Å². The van der Waals surface area contributed by atoms with E-state index in [9.17, 15) is 0 Å². The Hall–Kier alpha value is -1.26. The van der Waals surface area contributed by atoms with Crippen molar-refractivity contribution in [1.29, 1.82) is 0 Å². The fraction of sp³-hybridized carbons (Fsp3) is 0.455. The van der Waals surface area contributed by atoms with Crippen LogP contribution in [0.15, 0.2) is 72.3 Å². The number of hydrogen-bond donors (Lipinski definition) is 0. The molecule has 8 heteroatoms. The van der Waals surface area contributed by atoms with Gasteiger partial charge in [-0.15, -0.1) is 0 Å². The Labute approximate surface area is 182 Å². The monoisotopic (exact) mass is 454 g/mol. The first-order valence-corrected chi connectivity index (χ1v) is 12.1. The Balaban J connectivity index is 1.91. The van der Waals surface area contributed by atoms with Crippen LogP contribution in [-0.4, -0.2) is 26.4 Å². The smallest absolute Gasteiger partial charge is 0.397 e. The van der Waals surface area contributed by atoms with Crippen LogP contribution in [0.5, 0.6) is 0 Å². The van der Waals surface area contributed by atoms with Gasteiger partial charge in [0, 0.05) is 5.41 Å². The lowest BCUT2D eigenvalue weighted by molar-refractivity contribution is -0.0172. The normalized spacial score (nSPS) is 29.4. The first-order valence-electron chi connectivity index (χ1n) is 9.95. The van der Waals surface area contributed by atoms with Crippen molar-refractivity contribution in [2.45, 2.75) is 34.1 Å². The summed E-state index contributed by atoms with van der Waals surface area (Å²) in [6, 6.07) is 0. The van der Waals surface area contributed by atoms with Crippen molar-refractivity contribution in [2.24, 2.45) is 5.41 Å². The van der Waals surface area contributed by atoms with E-state index in [4.69, 9.17) is 27.1 Å². The number of allylic oxidation sites excluding steroid dienone is 9. The minimum absolute atomic E-state index is 0.271. The van der Waals surface area contributed by atoms with Crippen molar-refractivity contribution < 1.29 is 27.1 Å². The molecule has 1 unspecified atom stereocenters. The van der Waals surface area contributed by atoms with E-state index in [1.165, 1.54) is 0 Å². The minimum atomic E-state index is -1.48. The molecule has 0 aromatic heterocycles. The lowest BCUT2D eigenvalue weighted by atomic mass is 9.88. The van der Waals surface area contributed by atoms with Gasteiger partial charge in [0.2, 0.25) is 0 Å². The standard InChI is InChI=1S/C22H32O6P2/c1-6-10-13-20(12-8-3)27-29-23-15-14-22(16-24-29)17-25-30(26-18-22)28-21(9-4)19(5)11-7-2/h6-13H,4,14-18H2,1-3,5H3/b10-6-,11-7-,12-8-,20-13+,21-19+. The van der Waals surface area contributed by atoms with Gasteiger partial charge in [-0.2, -0.15) is 0 Å². The Kier molecular flexibility index (Phi) is 11.0. The Bertz CT molecular complexity index is 702. The molecular formula is C22H32O6P2. The zero-order valence-electron chi connectivity index (χ0n) is 18.2. The molecule has 0 radical (unpaired) electrons. The van der Waals surface area contributed by atoms with Crippen molar-refractivity contribution in [1.82, 2.24) is 0 Å². The fourth-order valence-corrected chi connectivity index (χ4v) is 5.08. The van der Waals surface area contributed by atoms with Gasteiger partial charge >= 0.3 is 17.2 Å². The molecule has 0 aromatic carbocycles. The van der Waals surface area contributed by atoms with Crippen LogP contribution in [0.2, 0.25) is 0 Å². The van der Waals surface area contributed by atoms with E-state index >= 15 is 0 Å². The van der Waals surface area contributed by atoms with Gasteiger partial charge in [-0.1, -0.05) is 37.0 Å². The second kappa shape index (κ2) is 13.2. The maximum Gasteiger partial charge on any atom is 0.397 e. The molecule has 2 aliphatic rings. The molecule has 30 heavy (non-hydrogen) atoms. The highest BCUT2D eigenvalue weighted by Crippen LogP contribution is 2.53. The molecule has 0 N–H and O–H groups in total. The topological polar surface area (TPSA) is 55.4 Å². The van der Waals surface area contributed by atoms with Gasteiger partial charge in [0.25, 0.3) is 0 Å². The predicted octanol–water partition coefficient (Wildman–Crippen LogP) is 7.02. The molecule has 0 amide bonds. The van der Waals surface area contributed by atoms with Crippen molar-refractivity contribution in [3.63, 3.8) is 0 Å². The molecule has 2 heterocycles. The van der Waals surface area contributed by atoms with Crippen molar-refractivity contribution >= 4 is 17.2 Å². The highest BCUT2D eigenvalue weighted by atomic mass is 31.2. The maximum absolute atomic E-state index is 5.95. The van der Waals surface area contributed by atoms with E-state index < -0.39 is 17.2 Å². The van der Waals surface area contributed by atoms with Crippen LogP contribution in [0.25, 0.3) is 0 Å². The van der Waals surface area contributed by atoms with E-state index in [0.29, 0.717) is 37.9 Å².